The highest BCUT2D eigenvalue weighted by molar-refractivity contribution is 6.07. The summed E-state index contributed by atoms with van der Waals surface area (Å²) in [7, 11) is 0. The van der Waals surface area contributed by atoms with Crippen LogP contribution in [0.3, 0.4) is 0 Å². The first-order valence-electron chi connectivity index (χ1n) is 5.57. The van der Waals surface area contributed by atoms with Crippen LogP contribution < -0.4 is 0 Å². The molecule has 0 aliphatic heterocycles. The molecule has 0 amide bonds. The molecule has 1 aromatic heterocycles. The lowest BCUT2D eigenvalue weighted by molar-refractivity contribution is 0.0941. The maximum atomic E-state index is 12.1. The van der Waals surface area contributed by atoms with Gasteiger partial charge < -0.3 is 4.98 Å². The van der Waals surface area contributed by atoms with E-state index in [9.17, 15) is 4.79 Å². The maximum absolute atomic E-state index is 12.1. The van der Waals surface area contributed by atoms with E-state index in [4.69, 9.17) is 0 Å². The Labute approximate surface area is 95.7 Å². The highest BCUT2D eigenvalue weighted by atomic mass is 16.1. The number of carbonyl (C=O) groups is 1. The Bertz CT molecular complexity index is 517. The topological polar surface area (TPSA) is 32.9 Å². The minimum absolute atomic E-state index is 0.0372. The number of hydrogen-bond donors (Lipinski definition) is 1. The fraction of sp³-hybridized carbons (Fsp3) is 0.357. The Morgan fingerprint density at radius 1 is 1.25 bits per heavy atom. The third kappa shape index (κ3) is 2.16. The third-order valence-corrected chi connectivity index (χ3v) is 2.58. The molecule has 0 fully saturated rings. The van der Waals surface area contributed by atoms with Crippen molar-refractivity contribution >= 4 is 16.7 Å². The largest absolute Gasteiger partial charge is 0.360 e. The Hall–Kier alpha value is -1.57. The minimum Gasteiger partial charge on any atom is -0.360 e. The van der Waals surface area contributed by atoms with Gasteiger partial charge in [0.2, 0.25) is 0 Å². The summed E-state index contributed by atoms with van der Waals surface area (Å²) in [5, 5.41) is 1.02. The van der Waals surface area contributed by atoms with E-state index in [2.05, 4.69) is 25.8 Å². The van der Waals surface area contributed by atoms with E-state index in [1.165, 1.54) is 0 Å². The number of rotatable bonds is 2. The molecule has 1 N–H and O–H groups in total. The summed E-state index contributed by atoms with van der Waals surface area (Å²) in [4.78, 5) is 15.2. The van der Waals surface area contributed by atoms with Crippen LogP contribution in [0.2, 0.25) is 0 Å². The number of aromatic amines is 1. The van der Waals surface area contributed by atoms with Crippen molar-refractivity contribution in [2.24, 2.45) is 5.41 Å². The SMILES string of the molecule is CC(C)(C)CC(=O)c1c[nH]c2ccccc12. The van der Waals surface area contributed by atoms with E-state index in [1.807, 2.05) is 30.5 Å². The van der Waals surface area contributed by atoms with E-state index in [1.54, 1.807) is 0 Å². The Morgan fingerprint density at radius 2 is 1.94 bits per heavy atom. The fourth-order valence-electron chi connectivity index (χ4n) is 1.88. The molecule has 1 aromatic carbocycles. The average Bonchev–Trinajstić information content (AvgIpc) is 2.58. The summed E-state index contributed by atoms with van der Waals surface area (Å²) in [5.41, 5.74) is 1.88. The molecule has 2 nitrogen and oxygen atoms in total. The van der Waals surface area contributed by atoms with E-state index in [0.717, 1.165) is 16.5 Å². The van der Waals surface area contributed by atoms with Crippen molar-refractivity contribution in [3.63, 3.8) is 0 Å². The molecule has 1 heterocycles. The van der Waals surface area contributed by atoms with Crippen LogP contribution in [0.4, 0.5) is 0 Å². The predicted octanol–water partition coefficient (Wildman–Crippen LogP) is 3.79. The normalized spacial score (nSPS) is 11.9. The number of aromatic nitrogens is 1. The van der Waals surface area contributed by atoms with Gasteiger partial charge in [-0.25, -0.2) is 0 Å². The Kier molecular flexibility index (Phi) is 2.58. The average molecular weight is 215 g/mol. The highest BCUT2D eigenvalue weighted by Gasteiger charge is 2.19. The summed E-state index contributed by atoms with van der Waals surface area (Å²) < 4.78 is 0. The van der Waals surface area contributed by atoms with Crippen molar-refractivity contribution in [1.29, 1.82) is 0 Å². The second kappa shape index (κ2) is 3.78. The zero-order valence-electron chi connectivity index (χ0n) is 10.0. The molecule has 0 atom stereocenters. The van der Waals surface area contributed by atoms with Crippen LogP contribution >= 0.6 is 0 Å². The van der Waals surface area contributed by atoms with Crippen molar-refractivity contribution in [2.45, 2.75) is 27.2 Å². The lowest BCUT2D eigenvalue weighted by atomic mass is 9.88. The molecule has 84 valence electrons. The van der Waals surface area contributed by atoms with E-state index >= 15 is 0 Å². The number of ketones is 1. The van der Waals surface area contributed by atoms with Gasteiger partial charge in [-0.1, -0.05) is 39.0 Å². The van der Waals surface area contributed by atoms with Gasteiger partial charge in [0, 0.05) is 29.1 Å². The van der Waals surface area contributed by atoms with Crippen LogP contribution in [0.5, 0.6) is 0 Å². The zero-order valence-corrected chi connectivity index (χ0v) is 10.0. The van der Waals surface area contributed by atoms with Gasteiger partial charge in [0.25, 0.3) is 0 Å². The molecule has 0 radical (unpaired) electrons. The number of nitrogens with one attached hydrogen (secondary N) is 1. The number of fused-ring (bicyclic) bond motifs is 1. The fourth-order valence-corrected chi connectivity index (χ4v) is 1.88. The van der Waals surface area contributed by atoms with Gasteiger partial charge in [0.1, 0.15) is 0 Å². The molecule has 0 aliphatic carbocycles. The quantitative estimate of drug-likeness (QED) is 0.760. The zero-order chi connectivity index (χ0) is 11.8. The lowest BCUT2D eigenvalue weighted by Crippen LogP contribution is -2.12. The third-order valence-electron chi connectivity index (χ3n) is 2.58. The highest BCUT2D eigenvalue weighted by Crippen LogP contribution is 2.25. The molecule has 0 aliphatic rings. The van der Waals surface area contributed by atoms with E-state index < -0.39 is 0 Å². The van der Waals surface area contributed by atoms with Crippen molar-refractivity contribution in [3.05, 3.63) is 36.0 Å². The molecule has 2 rings (SSSR count). The van der Waals surface area contributed by atoms with Crippen LogP contribution in [0.25, 0.3) is 10.9 Å². The van der Waals surface area contributed by atoms with Crippen molar-refractivity contribution < 1.29 is 4.79 Å². The molecule has 0 unspecified atom stereocenters. The molecule has 0 saturated heterocycles. The van der Waals surface area contributed by atoms with Gasteiger partial charge in [-0.3, -0.25) is 4.79 Å². The standard InChI is InChI=1S/C14H17NO/c1-14(2,3)8-13(16)11-9-15-12-7-5-4-6-10(11)12/h4-7,9,15H,8H2,1-3H3. The number of hydrogen-bond acceptors (Lipinski definition) is 1. The number of H-pyrrole nitrogens is 1. The van der Waals surface area contributed by atoms with Gasteiger partial charge >= 0.3 is 0 Å². The first-order chi connectivity index (χ1) is 7.47. The molecular weight excluding hydrogens is 198 g/mol. The van der Waals surface area contributed by atoms with Crippen LogP contribution in [0, 0.1) is 5.41 Å². The Balaban J connectivity index is 2.37. The van der Waals surface area contributed by atoms with Gasteiger partial charge in [0.15, 0.2) is 5.78 Å². The Morgan fingerprint density at radius 3 is 2.62 bits per heavy atom. The minimum atomic E-state index is 0.0372. The van der Waals surface area contributed by atoms with E-state index in [-0.39, 0.29) is 11.2 Å². The van der Waals surface area contributed by atoms with Crippen LogP contribution in [0.15, 0.2) is 30.5 Å². The van der Waals surface area contributed by atoms with Crippen molar-refractivity contribution in [3.8, 4) is 0 Å². The van der Waals surface area contributed by atoms with Gasteiger partial charge in [0.05, 0.1) is 0 Å². The molecule has 2 heteroatoms. The lowest BCUT2D eigenvalue weighted by Gasteiger charge is -2.16. The monoisotopic (exact) mass is 215 g/mol. The number of para-hydroxylation sites is 1. The van der Waals surface area contributed by atoms with Crippen molar-refractivity contribution in [1.82, 2.24) is 4.98 Å². The molecule has 2 aromatic rings. The summed E-state index contributed by atoms with van der Waals surface area (Å²) in [6.07, 6.45) is 2.40. The van der Waals surface area contributed by atoms with Crippen LogP contribution in [-0.4, -0.2) is 10.8 Å². The van der Waals surface area contributed by atoms with Gasteiger partial charge in [-0.2, -0.15) is 0 Å². The maximum Gasteiger partial charge on any atom is 0.165 e. The summed E-state index contributed by atoms with van der Waals surface area (Å²) >= 11 is 0. The summed E-state index contributed by atoms with van der Waals surface area (Å²) in [6.45, 7) is 6.25. The summed E-state index contributed by atoms with van der Waals surface area (Å²) in [5.74, 6) is 0.213. The van der Waals surface area contributed by atoms with Crippen LogP contribution in [-0.2, 0) is 0 Å². The molecule has 0 bridgehead atoms. The number of Topliss-reactive ketones (excluding diaryl/α,β-unsaturated/α-hetero) is 1. The molecule has 16 heavy (non-hydrogen) atoms. The first kappa shape index (κ1) is 10.9. The number of carbonyl (C=O) groups excluding carboxylic acids is 1. The van der Waals surface area contributed by atoms with Gasteiger partial charge in [-0.05, 0) is 11.5 Å². The number of benzene rings is 1. The van der Waals surface area contributed by atoms with E-state index in [0.29, 0.717) is 6.42 Å². The summed E-state index contributed by atoms with van der Waals surface area (Å²) in [6, 6.07) is 7.91. The molecular formula is C14H17NO. The molecule has 0 saturated carbocycles. The van der Waals surface area contributed by atoms with Crippen LogP contribution in [0.1, 0.15) is 37.6 Å². The smallest absolute Gasteiger partial charge is 0.165 e. The second-order valence-electron chi connectivity index (χ2n) is 5.41. The predicted molar refractivity (Wildman–Crippen MR) is 66.7 cm³/mol. The van der Waals surface area contributed by atoms with Gasteiger partial charge in [-0.15, -0.1) is 0 Å². The van der Waals surface area contributed by atoms with Crippen molar-refractivity contribution in [2.75, 3.05) is 0 Å². The molecule has 0 spiro atoms. The first-order valence-corrected chi connectivity index (χ1v) is 5.57. The second-order valence-corrected chi connectivity index (χ2v) is 5.41.